The Morgan fingerprint density at radius 2 is 1.28 bits per heavy atom. The first-order valence-electron chi connectivity index (χ1n) is 14.7. The lowest BCUT2D eigenvalue weighted by molar-refractivity contribution is 0.00156. The molecule has 1 aliphatic carbocycles. The van der Waals surface area contributed by atoms with Gasteiger partial charge in [0.05, 0.1) is 19.3 Å². The van der Waals surface area contributed by atoms with Gasteiger partial charge in [-0.1, -0.05) is 31.2 Å². The van der Waals surface area contributed by atoms with Gasteiger partial charge >= 0.3 is 6.01 Å². The first-order chi connectivity index (χ1) is 20.7. The van der Waals surface area contributed by atoms with Gasteiger partial charge in [0.25, 0.3) is 0 Å². The maximum atomic E-state index is 15.3. The second-order valence-corrected chi connectivity index (χ2v) is 11.4. The third kappa shape index (κ3) is 6.92. The minimum atomic E-state index is -1.48. The monoisotopic (exact) mass is 606 g/mol. The molecule has 2 atom stereocenters. The number of benzene rings is 3. The van der Waals surface area contributed by atoms with Gasteiger partial charge in [-0.25, -0.2) is 22.0 Å². The number of ether oxygens (including phenoxy) is 2. The fraction of sp³-hybridized carbons (Fsp3) is 0.412. The van der Waals surface area contributed by atoms with E-state index >= 15 is 4.39 Å². The highest BCUT2D eigenvalue weighted by molar-refractivity contribution is 5.60. The van der Waals surface area contributed by atoms with Crippen LogP contribution >= 0.6 is 0 Å². The molecule has 9 heteroatoms. The minimum absolute atomic E-state index is 0.0133. The van der Waals surface area contributed by atoms with E-state index in [4.69, 9.17) is 4.74 Å². The molecule has 5 rings (SSSR count). The van der Waals surface area contributed by atoms with Crippen molar-refractivity contribution >= 4 is 5.83 Å². The van der Waals surface area contributed by atoms with Crippen molar-refractivity contribution in [2.24, 2.45) is 0 Å². The number of rotatable bonds is 8. The minimum Gasteiger partial charge on any atom is -0.469 e. The fourth-order valence-electron chi connectivity index (χ4n) is 6.25. The van der Waals surface area contributed by atoms with Crippen molar-refractivity contribution in [3.8, 4) is 0 Å². The summed E-state index contributed by atoms with van der Waals surface area (Å²) in [5.41, 5.74) is 1.77. The quantitative estimate of drug-likeness (QED) is 0.144. The van der Waals surface area contributed by atoms with Gasteiger partial charge < -0.3 is 9.47 Å². The van der Waals surface area contributed by atoms with E-state index in [1.807, 2.05) is 6.07 Å². The van der Waals surface area contributed by atoms with Crippen LogP contribution in [0, 0.1) is 29.1 Å². The SMILES string of the molecule is CCCOC(F)=C(F)c1ccc(C2CCC(c3ccc(C4CCC(c5cc(F)c(F)c(F)c5)CC4)c(F)c3)OC2)c(F)c1. The third-order valence-electron chi connectivity index (χ3n) is 8.62. The van der Waals surface area contributed by atoms with Gasteiger partial charge in [0.15, 0.2) is 17.5 Å². The topological polar surface area (TPSA) is 18.5 Å². The lowest BCUT2D eigenvalue weighted by Crippen LogP contribution is -2.20. The zero-order chi connectivity index (χ0) is 30.7. The Balaban J connectivity index is 1.18. The largest absolute Gasteiger partial charge is 0.469 e. The highest BCUT2D eigenvalue weighted by Gasteiger charge is 2.29. The van der Waals surface area contributed by atoms with E-state index in [0.29, 0.717) is 67.2 Å². The average molecular weight is 607 g/mol. The van der Waals surface area contributed by atoms with Gasteiger partial charge in [-0.15, -0.1) is 0 Å². The molecule has 3 aromatic rings. The number of halogens is 7. The molecule has 43 heavy (non-hydrogen) atoms. The Hall–Kier alpha value is -3.33. The Kier molecular flexibility index (Phi) is 9.79. The Bertz CT molecular complexity index is 1450. The predicted octanol–water partition coefficient (Wildman–Crippen LogP) is 10.5. The molecule has 0 radical (unpaired) electrons. The van der Waals surface area contributed by atoms with Crippen LogP contribution < -0.4 is 0 Å². The molecular weight excluding hydrogens is 573 g/mol. The van der Waals surface area contributed by atoms with E-state index in [0.717, 1.165) is 18.2 Å². The van der Waals surface area contributed by atoms with E-state index in [1.165, 1.54) is 18.2 Å². The van der Waals surface area contributed by atoms with Crippen LogP contribution in [0.2, 0.25) is 0 Å². The summed E-state index contributed by atoms with van der Waals surface area (Å²) in [6.45, 7) is 1.95. The molecule has 1 saturated heterocycles. The summed E-state index contributed by atoms with van der Waals surface area (Å²) in [6.07, 6.45) is 3.68. The van der Waals surface area contributed by atoms with Crippen LogP contribution in [0.15, 0.2) is 54.5 Å². The highest BCUT2D eigenvalue weighted by atomic mass is 19.2. The second-order valence-electron chi connectivity index (χ2n) is 11.4. The fourth-order valence-corrected chi connectivity index (χ4v) is 6.25. The maximum Gasteiger partial charge on any atom is 0.309 e. The molecule has 1 heterocycles. The van der Waals surface area contributed by atoms with E-state index in [1.54, 1.807) is 13.0 Å². The Labute approximate surface area is 246 Å². The lowest BCUT2D eigenvalue weighted by atomic mass is 9.76. The van der Waals surface area contributed by atoms with Crippen LogP contribution in [0.5, 0.6) is 0 Å². The van der Waals surface area contributed by atoms with Crippen LogP contribution in [-0.4, -0.2) is 13.2 Å². The average Bonchev–Trinajstić information content (AvgIpc) is 3.02. The molecule has 0 aromatic heterocycles. The summed E-state index contributed by atoms with van der Waals surface area (Å²) >= 11 is 0. The van der Waals surface area contributed by atoms with Crippen molar-refractivity contribution in [2.45, 2.75) is 75.7 Å². The van der Waals surface area contributed by atoms with E-state index < -0.39 is 35.1 Å². The summed E-state index contributed by atoms with van der Waals surface area (Å²) in [7, 11) is 0. The molecule has 2 aliphatic rings. The summed E-state index contributed by atoms with van der Waals surface area (Å²) in [6, 6.07) is 9.46. The molecule has 1 aliphatic heterocycles. The summed E-state index contributed by atoms with van der Waals surface area (Å²) in [5, 5.41) is 0. The molecule has 0 N–H and O–H groups in total. The lowest BCUT2D eigenvalue weighted by Gasteiger charge is -2.31. The molecule has 230 valence electrons. The predicted molar refractivity (Wildman–Crippen MR) is 149 cm³/mol. The van der Waals surface area contributed by atoms with Gasteiger partial charge in [0.2, 0.25) is 5.83 Å². The molecule has 2 unspecified atom stereocenters. The van der Waals surface area contributed by atoms with E-state index in [9.17, 15) is 26.3 Å². The molecule has 0 spiro atoms. The maximum absolute atomic E-state index is 15.3. The molecule has 1 saturated carbocycles. The van der Waals surface area contributed by atoms with Gasteiger partial charge in [0, 0.05) is 11.5 Å². The molecule has 0 amide bonds. The normalized spacial score (nSPS) is 23.2. The van der Waals surface area contributed by atoms with Crippen molar-refractivity contribution in [1.29, 1.82) is 0 Å². The summed E-state index contributed by atoms with van der Waals surface area (Å²) < 4.78 is 110. The summed E-state index contributed by atoms with van der Waals surface area (Å²) in [4.78, 5) is 0. The van der Waals surface area contributed by atoms with Crippen molar-refractivity contribution in [3.05, 3.63) is 111 Å². The first-order valence-corrected chi connectivity index (χ1v) is 14.7. The van der Waals surface area contributed by atoms with Crippen molar-refractivity contribution in [3.63, 3.8) is 0 Å². The molecule has 2 nitrogen and oxygen atoms in total. The van der Waals surface area contributed by atoms with Crippen molar-refractivity contribution in [2.75, 3.05) is 13.2 Å². The van der Waals surface area contributed by atoms with Gasteiger partial charge in [0.1, 0.15) is 11.6 Å². The van der Waals surface area contributed by atoms with Gasteiger partial charge in [-0.2, -0.15) is 8.78 Å². The molecular formula is C34H33F7O2. The van der Waals surface area contributed by atoms with Gasteiger partial charge in [-0.05, 0) is 103 Å². The van der Waals surface area contributed by atoms with Crippen LogP contribution in [0.1, 0.15) is 104 Å². The smallest absolute Gasteiger partial charge is 0.309 e. The number of hydrogen-bond donors (Lipinski definition) is 0. The van der Waals surface area contributed by atoms with Crippen LogP contribution in [-0.2, 0) is 9.47 Å². The summed E-state index contributed by atoms with van der Waals surface area (Å²) in [5.74, 6) is -6.61. The van der Waals surface area contributed by atoms with E-state index in [-0.39, 0.29) is 48.5 Å². The molecule has 2 fully saturated rings. The van der Waals surface area contributed by atoms with Gasteiger partial charge in [-0.3, -0.25) is 0 Å². The van der Waals surface area contributed by atoms with Crippen molar-refractivity contribution in [1.82, 2.24) is 0 Å². The Morgan fingerprint density at radius 1 is 0.698 bits per heavy atom. The zero-order valence-electron chi connectivity index (χ0n) is 23.8. The van der Waals surface area contributed by atoms with Crippen LogP contribution in [0.4, 0.5) is 30.7 Å². The van der Waals surface area contributed by atoms with Crippen LogP contribution in [0.25, 0.3) is 5.83 Å². The second kappa shape index (κ2) is 13.5. The standard InChI is InChI=1S/C34H33F7O2/c1-2-13-42-34(41)32(39)22-8-11-26(28(36)15-22)23-9-12-31(43-18-23)21-7-10-25(27(35)14-21)20-5-3-19(4-6-20)24-16-29(37)33(40)30(38)17-24/h7-8,10-11,14-17,19-20,23,31H,2-6,9,12-13,18H2,1H3. The number of hydrogen-bond acceptors (Lipinski definition) is 2. The van der Waals surface area contributed by atoms with Crippen LogP contribution in [0.3, 0.4) is 0 Å². The first kappa shape index (κ1) is 31.1. The van der Waals surface area contributed by atoms with Crippen molar-refractivity contribution < 1.29 is 40.2 Å². The van der Waals surface area contributed by atoms with E-state index in [2.05, 4.69) is 4.74 Å². The molecule has 0 bridgehead atoms. The Morgan fingerprint density at radius 3 is 1.88 bits per heavy atom. The third-order valence-corrected chi connectivity index (χ3v) is 8.62. The molecule has 3 aromatic carbocycles. The highest BCUT2D eigenvalue weighted by Crippen LogP contribution is 2.43. The zero-order valence-corrected chi connectivity index (χ0v) is 23.8.